The van der Waals surface area contributed by atoms with Crippen molar-refractivity contribution in [2.75, 3.05) is 12.9 Å². The maximum Gasteiger partial charge on any atom is 0.178 e. The molecule has 1 aliphatic heterocycles. The molecule has 0 fully saturated rings. The summed E-state index contributed by atoms with van der Waals surface area (Å²) in [4.78, 5) is 0.458. The van der Waals surface area contributed by atoms with Gasteiger partial charge in [0.2, 0.25) is 0 Å². The summed E-state index contributed by atoms with van der Waals surface area (Å²) in [6, 6.07) is 11.0. The number of benzene rings is 2. The molecule has 110 valence electrons. The Morgan fingerprint density at radius 3 is 2.57 bits per heavy atom. The highest BCUT2D eigenvalue weighted by Gasteiger charge is 2.23. The van der Waals surface area contributed by atoms with Crippen molar-refractivity contribution in [2.24, 2.45) is 0 Å². The fourth-order valence-electron chi connectivity index (χ4n) is 2.63. The maximum atomic E-state index is 12.2. The third-order valence-electron chi connectivity index (χ3n) is 3.75. The lowest BCUT2D eigenvalue weighted by Gasteiger charge is -2.17. The summed E-state index contributed by atoms with van der Waals surface area (Å²) in [5.41, 5.74) is 2.65. The van der Waals surface area contributed by atoms with E-state index in [1.807, 2.05) is 24.3 Å². The lowest BCUT2D eigenvalue weighted by Crippen LogP contribution is -2.16. The molecule has 0 amide bonds. The van der Waals surface area contributed by atoms with Crippen molar-refractivity contribution in [1.29, 1.82) is 0 Å². The first-order valence-corrected chi connectivity index (χ1v) is 8.74. The normalized spacial score (nSPS) is 16.3. The molecule has 0 aromatic heterocycles. The van der Waals surface area contributed by atoms with Crippen molar-refractivity contribution in [3.63, 3.8) is 0 Å². The molecule has 0 saturated carbocycles. The number of aryl methyl sites for hydroxylation is 1. The third kappa shape index (κ3) is 2.65. The Bertz CT molecular complexity index is 797. The minimum Gasteiger partial charge on any atom is -0.495 e. The molecule has 1 heterocycles. The van der Waals surface area contributed by atoms with Crippen LogP contribution in [0.15, 0.2) is 41.3 Å². The SMILES string of the molecule is COc1cc(-c2ccc3c(c2)S(=O)(=O)CCC3)ccc1Cl. The van der Waals surface area contributed by atoms with Gasteiger partial charge in [0.1, 0.15) is 5.75 Å². The molecule has 2 aromatic rings. The van der Waals surface area contributed by atoms with Gasteiger partial charge in [-0.05, 0) is 47.7 Å². The monoisotopic (exact) mass is 322 g/mol. The summed E-state index contributed by atoms with van der Waals surface area (Å²) in [5, 5.41) is 0.534. The molecule has 3 nitrogen and oxygen atoms in total. The van der Waals surface area contributed by atoms with Gasteiger partial charge < -0.3 is 4.74 Å². The molecule has 21 heavy (non-hydrogen) atoms. The maximum absolute atomic E-state index is 12.2. The minimum absolute atomic E-state index is 0.230. The Kier molecular flexibility index (Phi) is 3.68. The van der Waals surface area contributed by atoms with E-state index in [-0.39, 0.29) is 5.75 Å². The van der Waals surface area contributed by atoms with E-state index in [0.29, 0.717) is 22.1 Å². The number of ether oxygens (including phenoxy) is 1. The van der Waals surface area contributed by atoms with Crippen molar-refractivity contribution < 1.29 is 13.2 Å². The van der Waals surface area contributed by atoms with Gasteiger partial charge in [-0.25, -0.2) is 8.42 Å². The van der Waals surface area contributed by atoms with E-state index in [0.717, 1.165) is 23.1 Å². The van der Waals surface area contributed by atoms with Gasteiger partial charge in [-0.15, -0.1) is 0 Å². The zero-order valence-electron chi connectivity index (χ0n) is 11.6. The van der Waals surface area contributed by atoms with Crippen molar-refractivity contribution in [1.82, 2.24) is 0 Å². The van der Waals surface area contributed by atoms with Crippen LogP contribution in [0.5, 0.6) is 5.75 Å². The van der Waals surface area contributed by atoms with Gasteiger partial charge in [-0.2, -0.15) is 0 Å². The molecule has 0 bridgehead atoms. The Morgan fingerprint density at radius 2 is 1.81 bits per heavy atom. The van der Waals surface area contributed by atoms with Crippen LogP contribution in [0.1, 0.15) is 12.0 Å². The molecule has 0 radical (unpaired) electrons. The minimum atomic E-state index is -3.15. The molecule has 0 saturated heterocycles. The van der Waals surface area contributed by atoms with Gasteiger partial charge in [-0.3, -0.25) is 0 Å². The van der Waals surface area contributed by atoms with Crippen molar-refractivity contribution in [3.8, 4) is 16.9 Å². The van der Waals surface area contributed by atoms with Crippen LogP contribution < -0.4 is 4.74 Å². The van der Waals surface area contributed by atoms with E-state index in [1.54, 1.807) is 19.2 Å². The van der Waals surface area contributed by atoms with Crippen LogP contribution >= 0.6 is 11.6 Å². The first kappa shape index (κ1) is 14.4. The molecule has 1 aliphatic rings. The lowest BCUT2D eigenvalue weighted by atomic mass is 10.0. The fourth-order valence-corrected chi connectivity index (χ4v) is 4.45. The van der Waals surface area contributed by atoms with Crippen molar-refractivity contribution >= 4 is 21.4 Å². The fraction of sp³-hybridized carbons (Fsp3) is 0.250. The summed E-state index contributed by atoms with van der Waals surface area (Å²) < 4.78 is 29.6. The molecule has 0 unspecified atom stereocenters. The molecule has 0 N–H and O–H groups in total. The van der Waals surface area contributed by atoms with Crippen LogP contribution in [0.3, 0.4) is 0 Å². The number of hydrogen-bond acceptors (Lipinski definition) is 3. The molecule has 0 spiro atoms. The Balaban J connectivity index is 2.13. The van der Waals surface area contributed by atoms with Gasteiger partial charge in [0, 0.05) is 0 Å². The van der Waals surface area contributed by atoms with E-state index in [2.05, 4.69) is 0 Å². The highest BCUT2D eigenvalue weighted by molar-refractivity contribution is 7.91. The first-order chi connectivity index (χ1) is 10.0. The summed E-state index contributed by atoms with van der Waals surface area (Å²) in [5.74, 6) is 0.808. The van der Waals surface area contributed by atoms with Crippen LogP contribution in [0.2, 0.25) is 5.02 Å². The third-order valence-corrected chi connectivity index (χ3v) is 5.93. The molecular formula is C16H15ClO3S. The standard InChI is InChI=1S/C16H15ClO3S/c1-20-15-9-12(6-7-14(15)17)13-5-4-11-3-2-8-21(18,19)16(11)10-13/h4-7,9-10H,2-3,8H2,1H3. The predicted molar refractivity (Wildman–Crippen MR) is 83.8 cm³/mol. The Morgan fingerprint density at radius 1 is 1.10 bits per heavy atom. The van der Waals surface area contributed by atoms with E-state index >= 15 is 0 Å². The number of hydrogen-bond donors (Lipinski definition) is 0. The number of methoxy groups -OCH3 is 1. The Labute approximate surface area is 129 Å². The molecule has 2 aromatic carbocycles. The number of rotatable bonds is 2. The molecular weight excluding hydrogens is 308 g/mol. The summed E-state index contributed by atoms with van der Waals surface area (Å²) in [6.45, 7) is 0. The van der Waals surface area contributed by atoms with Gasteiger partial charge in [0.05, 0.1) is 22.8 Å². The highest BCUT2D eigenvalue weighted by Crippen LogP contribution is 2.33. The molecule has 0 aliphatic carbocycles. The first-order valence-electron chi connectivity index (χ1n) is 6.71. The summed E-state index contributed by atoms with van der Waals surface area (Å²) in [6.07, 6.45) is 1.52. The van der Waals surface area contributed by atoms with Crippen molar-refractivity contribution in [3.05, 3.63) is 47.0 Å². The molecule has 5 heteroatoms. The zero-order valence-corrected chi connectivity index (χ0v) is 13.2. The van der Waals surface area contributed by atoms with Crippen LogP contribution in [-0.2, 0) is 16.3 Å². The Hall–Kier alpha value is -1.52. The van der Waals surface area contributed by atoms with E-state index in [9.17, 15) is 8.42 Å². The van der Waals surface area contributed by atoms with E-state index in [1.165, 1.54) is 0 Å². The van der Waals surface area contributed by atoms with Crippen LogP contribution in [0.4, 0.5) is 0 Å². The van der Waals surface area contributed by atoms with E-state index in [4.69, 9.17) is 16.3 Å². The number of fused-ring (bicyclic) bond motifs is 1. The molecule has 0 atom stereocenters. The summed E-state index contributed by atoms with van der Waals surface area (Å²) in [7, 11) is -1.60. The van der Waals surface area contributed by atoms with Crippen LogP contribution in [0, 0.1) is 0 Å². The predicted octanol–water partition coefficient (Wildman–Crippen LogP) is 3.74. The zero-order chi connectivity index (χ0) is 15.0. The van der Waals surface area contributed by atoms with Gasteiger partial charge in [-0.1, -0.05) is 29.8 Å². The van der Waals surface area contributed by atoms with Crippen LogP contribution in [-0.4, -0.2) is 21.3 Å². The molecule has 3 rings (SSSR count). The van der Waals surface area contributed by atoms with Gasteiger partial charge in [0.15, 0.2) is 9.84 Å². The van der Waals surface area contributed by atoms with Gasteiger partial charge >= 0.3 is 0 Å². The number of sulfone groups is 1. The topological polar surface area (TPSA) is 43.4 Å². The lowest BCUT2D eigenvalue weighted by molar-refractivity contribution is 0.415. The second-order valence-electron chi connectivity index (χ2n) is 5.09. The van der Waals surface area contributed by atoms with Gasteiger partial charge in [0.25, 0.3) is 0 Å². The highest BCUT2D eigenvalue weighted by atomic mass is 35.5. The van der Waals surface area contributed by atoms with E-state index < -0.39 is 9.84 Å². The second kappa shape index (κ2) is 5.35. The average Bonchev–Trinajstić information content (AvgIpc) is 2.47. The largest absolute Gasteiger partial charge is 0.495 e. The van der Waals surface area contributed by atoms with Crippen molar-refractivity contribution in [2.45, 2.75) is 17.7 Å². The smallest absolute Gasteiger partial charge is 0.178 e. The second-order valence-corrected chi connectivity index (χ2v) is 7.58. The van der Waals surface area contributed by atoms with Crippen LogP contribution in [0.25, 0.3) is 11.1 Å². The number of halogens is 1. The summed E-state index contributed by atoms with van der Waals surface area (Å²) >= 11 is 6.02. The average molecular weight is 323 g/mol. The quantitative estimate of drug-likeness (QED) is 0.846.